The summed E-state index contributed by atoms with van der Waals surface area (Å²) in [4.78, 5) is 31.8. The Morgan fingerprint density at radius 2 is 1.75 bits per heavy atom. The molecule has 8 heteroatoms. The molecule has 1 atom stereocenters. The van der Waals surface area contributed by atoms with Gasteiger partial charge in [0.2, 0.25) is 0 Å². The van der Waals surface area contributed by atoms with Crippen LogP contribution in [0.1, 0.15) is 23.3 Å². The summed E-state index contributed by atoms with van der Waals surface area (Å²) in [5.74, 6) is -0.538. The zero-order chi connectivity index (χ0) is 16.9. The van der Waals surface area contributed by atoms with Crippen LogP contribution in [-0.4, -0.2) is 34.5 Å². The van der Waals surface area contributed by atoms with E-state index in [9.17, 15) is 9.59 Å². The summed E-state index contributed by atoms with van der Waals surface area (Å²) in [6, 6.07) is 6.75. The third-order valence-corrected chi connectivity index (χ3v) is 3.57. The third-order valence-electron chi connectivity index (χ3n) is 3.57. The number of nitrogens with two attached hydrogens (primary N) is 1. The maximum Gasteiger partial charge on any atom is 0.278 e. The van der Waals surface area contributed by atoms with Crippen molar-refractivity contribution in [1.29, 1.82) is 0 Å². The van der Waals surface area contributed by atoms with E-state index in [4.69, 9.17) is 10.5 Å². The van der Waals surface area contributed by atoms with Gasteiger partial charge in [-0.15, -0.1) is 0 Å². The molecule has 124 valence electrons. The molecular formula is C16H17N5O3. The molecule has 2 aromatic rings. The van der Waals surface area contributed by atoms with E-state index in [2.05, 4.69) is 20.6 Å². The minimum Gasteiger partial charge on any atom is -0.382 e. The van der Waals surface area contributed by atoms with Crippen LogP contribution in [-0.2, 0) is 9.53 Å². The standard InChI is InChI=1S/C16H17N5O3/c17-14-13(18-7-8-19-14)16(23)21-11-5-3-10(4-6-11)20-15(22)12-2-1-9-24-12/h3-8,12H,1-2,9H2,(H2,17,19)(H,20,22)(H,21,23)/t12-/m0/s1. The summed E-state index contributed by atoms with van der Waals surface area (Å²) in [6.07, 6.45) is 4.06. The number of anilines is 3. The molecule has 1 aromatic carbocycles. The van der Waals surface area contributed by atoms with Crippen molar-refractivity contribution in [2.75, 3.05) is 23.0 Å². The fraction of sp³-hybridized carbons (Fsp3) is 0.250. The Morgan fingerprint density at radius 3 is 2.38 bits per heavy atom. The maximum absolute atomic E-state index is 12.1. The van der Waals surface area contributed by atoms with Crippen molar-refractivity contribution < 1.29 is 14.3 Å². The van der Waals surface area contributed by atoms with E-state index in [1.165, 1.54) is 12.4 Å². The average molecular weight is 327 g/mol. The van der Waals surface area contributed by atoms with Crippen LogP contribution in [0.2, 0.25) is 0 Å². The molecule has 8 nitrogen and oxygen atoms in total. The van der Waals surface area contributed by atoms with Gasteiger partial charge in [-0.25, -0.2) is 9.97 Å². The van der Waals surface area contributed by atoms with Gasteiger partial charge in [0, 0.05) is 30.4 Å². The number of hydrogen-bond acceptors (Lipinski definition) is 6. The highest BCUT2D eigenvalue weighted by Crippen LogP contribution is 2.18. The molecule has 2 amide bonds. The van der Waals surface area contributed by atoms with E-state index in [0.717, 1.165) is 12.8 Å². The van der Waals surface area contributed by atoms with Crippen LogP contribution in [0.15, 0.2) is 36.7 Å². The van der Waals surface area contributed by atoms with Crippen molar-refractivity contribution in [2.24, 2.45) is 0 Å². The summed E-state index contributed by atoms with van der Waals surface area (Å²) in [6.45, 7) is 0.620. The Balaban J connectivity index is 1.61. The molecule has 1 fully saturated rings. The molecule has 0 radical (unpaired) electrons. The van der Waals surface area contributed by atoms with Gasteiger partial charge in [-0.3, -0.25) is 9.59 Å². The number of rotatable bonds is 4. The summed E-state index contributed by atoms with van der Waals surface area (Å²) in [5.41, 5.74) is 6.87. The Labute approximate surface area is 138 Å². The van der Waals surface area contributed by atoms with Gasteiger partial charge >= 0.3 is 0 Å². The minimum absolute atomic E-state index is 0.0632. The van der Waals surface area contributed by atoms with Crippen molar-refractivity contribution in [3.8, 4) is 0 Å². The van der Waals surface area contributed by atoms with Gasteiger partial charge in [0.05, 0.1) is 0 Å². The predicted octanol–water partition coefficient (Wildman–Crippen LogP) is 1.43. The molecule has 0 saturated carbocycles. The number of amides is 2. The molecule has 1 aliphatic heterocycles. The lowest BCUT2D eigenvalue weighted by Crippen LogP contribution is -2.26. The molecule has 0 unspecified atom stereocenters. The number of benzene rings is 1. The number of nitrogen functional groups attached to an aromatic ring is 1. The quantitative estimate of drug-likeness (QED) is 0.781. The molecule has 1 saturated heterocycles. The lowest BCUT2D eigenvalue weighted by atomic mass is 10.2. The van der Waals surface area contributed by atoms with Crippen molar-refractivity contribution in [2.45, 2.75) is 18.9 Å². The highest BCUT2D eigenvalue weighted by Gasteiger charge is 2.23. The molecule has 2 heterocycles. The van der Waals surface area contributed by atoms with Crippen molar-refractivity contribution in [3.05, 3.63) is 42.4 Å². The van der Waals surface area contributed by atoms with Crippen molar-refractivity contribution in [3.63, 3.8) is 0 Å². The van der Waals surface area contributed by atoms with Crippen molar-refractivity contribution >= 4 is 29.0 Å². The van der Waals surface area contributed by atoms with Gasteiger partial charge in [0.1, 0.15) is 6.10 Å². The molecular weight excluding hydrogens is 310 g/mol. The molecule has 24 heavy (non-hydrogen) atoms. The number of hydrogen-bond donors (Lipinski definition) is 3. The van der Waals surface area contributed by atoms with Gasteiger partial charge in [-0.05, 0) is 37.1 Å². The Hall–Kier alpha value is -3.00. The van der Waals surface area contributed by atoms with Gasteiger partial charge in [-0.1, -0.05) is 0 Å². The average Bonchev–Trinajstić information content (AvgIpc) is 3.11. The number of carbonyl (C=O) groups excluding carboxylic acids is 2. The smallest absolute Gasteiger partial charge is 0.278 e. The third kappa shape index (κ3) is 3.66. The van der Waals surface area contributed by atoms with Crippen LogP contribution in [0.5, 0.6) is 0 Å². The second-order valence-electron chi connectivity index (χ2n) is 5.31. The van der Waals surface area contributed by atoms with E-state index < -0.39 is 5.91 Å². The second kappa shape index (κ2) is 7.05. The summed E-state index contributed by atoms with van der Waals surface area (Å²) < 4.78 is 5.33. The number of carbonyl (C=O) groups is 2. The molecule has 1 aliphatic rings. The first kappa shape index (κ1) is 15.9. The van der Waals surface area contributed by atoms with Gasteiger partial charge in [-0.2, -0.15) is 0 Å². The van der Waals surface area contributed by atoms with E-state index >= 15 is 0 Å². The molecule has 1 aromatic heterocycles. The first-order chi connectivity index (χ1) is 11.6. The SMILES string of the molecule is Nc1nccnc1C(=O)Nc1ccc(NC(=O)[C@@H]2CCCO2)cc1. The van der Waals surface area contributed by atoms with E-state index in [1.54, 1.807) is 24.3 Å². The summed E-state index contributed by atoms with van der Waals surface area (Å²) >= 11 is 0. The highest BCUT2D eigenvalue weighted by molar-refractivity contribution is 6.05. The first-order valence-electron chi connectivity index (χ1n) is 7.54. The maximum atomic E-state index is 12.1. The van der Waals surface area contributed by atoms with Gasteiger partial charge < -0.3 is 21.1 Å². The van der Waals surface area contributed by atoms with Crippen LogP contribution >= 0.6 is 0 Å². The largest absolute Gasteiger partial charge is 0.382 e. The van der Waals surface area contributed by atoms with Gasteiger partial charge in [0.25, 0.3) is 11.8 Å². The molecule has 0 aliphatic carbocycles. The predicted molar refractivity (Wildman–Crippen MR) is 88.4 cm³/mol. The number of nitrogens with zero attached hydrogens (tertiary/aromatic N) is 2. The number of aromatic nitrogens is 2. The highest BCUT2D eigenvalue weighted by atomic mass is 16.5. The minimum atomic E-state index is -0.447. The monoisotopic (exact) mass is 327 g/mol. The Kier molecular flexibility index (Phi) is 4.66. The normalized spacial score (nSPS) is 16.6. The van der Waals surface area contributed by atoms with Crippen LogP contribution < -0.4 is 16.4 Å². The fourth-order valence-electron chi connectivity index (χ4n) is 2.36. The van der Waals surface area contributed by atoms with Crippen LogP contribution in [0.25, 0.3) is 0 Å². The molecule has 0 spiro atoms. The van der Waals surface area contributed by atoms with Crippen LogP contribution in [0, 0.1) is 0 Å². The lowest BCUT2D eigenvalue weighted by Gasteiger charge is -2.11. The fourth-order valence-corrected chi connectivity index (χ4v) is 2.36. The number of ether oxygens (including phenoxy) is 1. The lowest BCUT2D eigenvalue weighted by molar-refractivity contribution is -0.124. The van der Waals surface area contributed by atoms with E-state index in [1.807, 2.05) is 0 Å². The van der Waals surface area contributed by atoms with E-state index in [0.29, 0.717) is 18.0 Å². The first-order valence-corrected chi connectivity index (χ1v) is 7.54. The topological polar surface area (TPSA) is 119 Å². The molecule has 0 bridgehead atoms. The van der Waals surface area contributed by atoms with Gasteiger partial charge in [0.15, 0.2) is 11.5 Å². The molecule has 4 N–H and O–H groups in total. The van der Waals surface area contributed by atoms with Crippen molar-refractivity contribution in [1.82, 2.24) is 9.97 Å². The van der Waals surface area contributed by atoms with Crippen LogP contribution in [0.3, 0.4) is 0 Å². The Morgan fingerprint density at radius 1 is 1.08 bits per heavy atom. The van der Waals surface area contributed by atoms with E-state index in [-0.39, 0.29) is 23.5 Å². The zero-order valence-electron chi connectivity index (χ0n) is 12.9. The van der Waals surface area contributed by atoms with Crippen LogP contribution in [0.4, 0.5) is 17.2 Å². The summed E-state index contributed by atoms with van der Waals surface area (Å²) in [5, 5.41) is 5.46. The Bertz CT molecular complexity index is 742. The second-order valence-corrected chi connectivity index (χ2v) is 5.31. The molecule has 3 rings (SSSR count). The number of nitrogens with one attached hydrogen (secondary N) is 2. The summed E-state index contributed by atoms with van der Waals surface area (Å²) in [7, 11) is 0. The zero-order valence-corrected chi connectivity index (χ0v) is 12.9.